The highest BCUT2D eigenvalue weighted by atomic mass is 16.5. The van der Waals surface area contributed by atoms with Gasteiger partial charge >= 0.3 is 0 Å². The molecule has 7 nitrogen and oxygen atoms in total. The molecule has 0 unspecified atom stereocenters. The van der Waals surface area contributed by atoms with E-state index >= 15 is 0 Å². The van der Waals surface area contributed by atoms with Crippen LogP contribution in [0.15, 0.2) is 27.5 Å². The summed E-state index contributed by atoms with van der Waals surface area (Å²) in [6.45, 7) is 10.3. The van der Waals surface area contributed by atoms with Crippen LogP contribution >= 0.6 is 0 Å². The second-order valence-corrected chi connectivity index (χ2v) is 6.26. The molecule has 2 aromatic rings. The fraction of sp³-hybridized carbons (Fsp3) is 0.562. The lowest BCUT2D eigenvalue weighted by Gasteiger charge is -2.35. The van der Waals surface area contributed by atoms with Crippen LogP contribution in [-0.4, -0.2) is 46.0 Å². The summed E-state index contributed by atoms with van der Waals surface area (Å²) in [6.07, 6.45) is 0. The summed E-state index contributed by atoms with van der Waals surface area (Å²) in [5.74, 6) is 1.72. The standard InChI is InChI=1S/C16H23N5O2/c1-12(2)21-16(22)5-4-15(17-21)20-8-6-19(7-9-20)11-14-10-13(3)23-18-14/h4-5,10,12H,6-9,11H2,1-3H3. The molecule has 0 amide bonds. The number of aromatic nitrogens is 3. The van der Waals surface area contributed by atoms with Crippen LogP contribution in [-0.2, 0) is 6.54 Å². The molecule has 7 heteroatoms. The zero-order valence-electron chi connectivity index (χ0n) is 13.9. The van der Waals surface area contributed by atoms with Crippen LogP contribution in [0.4, 0.5) is 5.82 Å². The van der Waals surface area contributed by atoms with E-state index in [0.29, 0.717) is 0 Å². The van der Waals surface area contributed by atoms with Crippen molar-refractivity contribution in [2.24, 2.45) is 0 Å². The normalized spacial score (nSPS) is 16.3. The Labute approximate surface area is 135 Å². The average molecular weight is 317 g/mol. The third-order valence-electron chi connectivity index (χ3n) is 4.06. The van der Waals surface area contributed by atoms with Crippen molar-refractivity contribution in [3.63, 3.8) is 0 Å². The number of aryl methyl sites for hydroxylation is 1. The first kappa shape index (κ1) is 15.7. The zero-order chi connectivity index (χ0) is 16.4. The van der Waals surface area contributed by atoms with Gasteiger partial charge in [0.2, 0.25) is 0 Å². The first-order valence-corrected chi connectivity index (χ1v) is 8.02. The molecule has 1 saturated heterocycles. The monoisotopic (exact) mass is 317 g/mol. The van der Waals surface area contributed by atoms with Gasteiger partial charge in [-0.3, -0.25) is 9.69 Å². The summed E-state index contributed by atoms with van der Waals surface area (Å²) in [4.78, 5) is 16.4. The number of piperazine rings is 1. The predicted molar refractivity (Wildman–Crippen MR) is 87.6 cm³/mol. The molecule has 23 heavy (non-hydrogen) atoms. The van der Waals surface area contributed by atoms with Crippen molar-refractivity contribution < 1.29 is 4.52 Å². The molecule has 0 bridgehead atoms. The third kappa shape index (κ3) is 3.61. The van der Waals surface area contributed by atoms with Gasteiger partial charge in [0.25, 0.3) is 5.56 Å². The number of nitrogens with zero attached hydrogens (tertiary/aromatic N) is 5. The molecule has 0 atom stereocenters. The van der Waals surface area contributed by atoms with E-state index in [-0.39, 0.29) is 11.6 Å². The van der Waals surface area contributed by atoms with Crippen molar-refractivity contribution in [2.45, 2.75) is 33.4 Å². The van der Waals surface area contributed by atoms with E-state index in [1.807, 2.05) is 32.9 Å². The molecule has 3 heterocycles. The number of hydrogen-bond acceptors (Lipinski definition) is 6. The van der Waals surface area contributed by atoms with Crippen LogP contribution in [0.3, 0.4) is 0 Å². The Hall–Kier alpha value is -2.15. The molecule has 0 saturated carbocycles. The van der Waals surface area contributed by atoms with Gasteiger partial charge in [0.1, 0.15) is 11.6 Å². The van der Waals surface area contributed by atoms with Crippen LogP contribution in [0, 0.1) is 6.92 Å². The Bertz CT molecular complexity index is 713. The van der Waals surface area contributed by atoms with Crippen LogP contribution in [0.25, 0.3) is 0 Å². The van der Waals surface area contributed by atoms with Crippen LogP contribution in [0.2, 0.25) is 0 Å². The van der Waals surface area contributed by atoms with Crippen molar-refractivity contribution in [1.82, 2.24) is 19.8 Å². The Kier molecular flexibility index (Phi) is 4.47. The van der Waals surface area contributed by atoms with Gasteiger partial charge in [-0.2, -0.15) is 5.10 Å². The van der Waals surface area contributed by atoms with Crippen molar-refractivity contribution in [1.29, 1.82) is 0 Å². The van der Waals surface area contributed by atoms with Gasteiger partial charge in [-0.05, 0) is 26.8 Å². The van der Waals surface area contributed by atoms with E-state index < -0.39 is 0 Å². The van der Waals surface area contributed by atoms with Gasteiger partial charge in [0.15, 0.2) is 0 Å². The predicted octanol–water partition coefficient (Wildman–Crippen LogP) is 1.44. The number of anilines is 1. The minimum atomic E-state index is -0.0520. The highest BCUT2D eigenvalue weighted by Crippen LogP contribution is 2.14. The lowest BCUT2D eigenvalue weighted by atomic mass is 10.2. The van der Waals surface area contributed by atoms with Crippen molar-refractivity contribution >= 4 is 5.82 Å². The van der Waals surface area contributed by atoms with Gasteiger partial charge in [-0.25, -0.2) is 4.68 Å². The molecule has 124 valence electrons. The number of rotatable bonds is 4. The second kappa shape index (κ2) is 6.54. The lowest BCUT2D eigenvalue weighted by molar-refractivity contribution is 0.240. The molecule has 0 spiro atoms. The molecule has 1 aliphatic rings. The summed E-state index contributed by atoms with van der Waals surface area (Å²) in [5.41, 5.74) is 0.922. The van der Waals surface area contributed by atoms with Crippen LogP contribution in [0.5, 0.6) is 0 Å². The number of hydrogen-bond donors (Lipinski definition) is 0. The lowest BCUT2D eigenvalue weighted by Crippen LogP contribution is -2.46. The van der Waals surface area contributed by atoms with E-state index in [0.717, 1.165) is 50.0 Å². The van der Waals surface area contributed by atoms with Crippen LogP contribution < -0.4 is 10.5 Å². The molecular formula is C16H23N5O2. The second-order valence-electron chi connectivity index (χ2n) is 6.26. The average Bonchev–Trinajstić information content (AvgIpc) is 2.93. The van der Waals surface area contributed by atoms with Crippen molar-refractivity contribution in [3.05, 3.63) is 40.0 Å². The molecule has 0 N–H and O–H groups in total. The van der Waals surface area contributed by atoms with Crippen molar-refractivity contribution in [3.8, 4) is 0 Å². The van der Waals surface area contributed by atoms with Crippen molar-refractivity contribution in [2.75, 3.05) is 31.1 Å². The minimum Gasteiger partial charge on any atom is -0.361 e. The Morgan fingerprint density at radius 1 is 1.22 bits per heavy atom. The topological polar surface area (TPSA) is 67.4 Å². The van der Waals surface area contributed by atoms with E-state index in [1.165, 1.54) is 0 Å². The zero-order valence-corrected chi connectivity index (χ0v) is 13.9. The van der Waals surface area contributed by atoms with Gasteiger partial charge in [-0.15, -0.1) is 0 Å². The van der Waals surface area contributed by atoms with Gasteiger partial charge < -0.3 is 9.42 Å². The molecule has 1 aliphatic heterocycles. The molecule has 0 aromatic carbocycles. The molecule has 0 aliphatic carbocycles. The fourth-order valence-electron chi connectivity index (χ4n) is 2.81. The molecule has 0 radical (unpaired) electrons. The summed E-state index contributed by atoms with van der Waals surface area (Å²) < 4.78 is 6.66. The Morgan fingerprint density at radius 2 is 1.96 bits per heavy atom. The smallest absolute Gasteiger partial charge is 0.267 e. The van der Waals surface area contributed by atoms with E-state index in [1.54, 1.807) is 10.7 Å². The maximum Gasteiger partial charge on any atom is 0.267 e. The molecule has 2 aromatic heterocycles. The van der Waals surface area contributed by atoms with E-state index in [4.69, 9.17) is 4.52 Å². The summed E-state index contributed by atoms with van der Waals surface area (Å²) in [5, 5.41) is 8.54. The highest BCUT2D eigenvalue weighted by molar-refractivity contribution is 5.37. The van der Waals surface area contributed by atoms with Gasteiger partial charge in [0, 0.05) is 44.9 Å². The van der Waals surface area contributed by atoms with Gasteiger partial charge in [0.05, 0.1) is 11.7 Å². The first-order chi connectivity index (χ1) is 11.0. The molecule has 1 fully saturated rings. The van der Waals surface area contributed by atoms with E-state index in [2.05, 4.69) is 20.1 Å². The third-order valence-corrected chi connectivity index (χ3v) is 4.06. The SMILES string of the molecule is Cc1cc(CN2CCN(c3ccc(=O)n(C(C)C)n3)CC2)no1. The Morgan fingerprint density at radius 3 is 2.57 bits per heavy atom. The maximum absolute atomic E-state index is 11.8. The largest absolute Gasteiger partial charge is 0.361 e. The quantitative estimate of drug-likeness (QED) is 0.850. The maximum atomic E-state index is 11.8. The molecular weight excluding hydrogens is 294 g/mol. The van der Waals surface area contributed by atoms with Crippen LogP contribution in [0.1, 0.15) is 31.3 Å². The van der Waals surface area contributed by atoms with E-state index in [9.17, 15) is 4.79 Å². The first-order valence-electron chi connectivity index (χ1n) is 8.02. The fourth-order valence-corrected chi connectivity index (χ4v) is 2.81. The molecule has 3 rings (SSSR count). The minimum absolute atomic E-state index is 0.0520. The highest BCUT2D eigenvalue weighted by Gasteiger charge is 2.20. The Balaban J connectivity index is 1.62. The van der Waals surface area contributed by atoms with Gasteiger partial charge in [-0.1, -0.05) is 5.16 Å². The summed E-state index contributed by atoms with van der Waals surface area (Å²) >= 11 is 0. The summed E-state index contributed by atoms with van der Waals surface area (Å²) in [6, 6.07) is 5.47. The summed E-state index contributed by atoms with van der Waals surface area (Å²) in [7, 11) is 0.